The number of rotatable bonds is 1. The molecular weight excluding hydrogens is 170 g/mol. The summed E-state index contributed by atoms with van der Waals surface area (Å²) in [7, 11) is 0. The van der Waals surface area contributed by atoms with Crippen LogP contribution in [0.1, 0.15) is 32.1 Å². The lowest BCUT2D eigenvalue weighted by atomic mass is 9.85. The second-order valence-corrected chi connectivity index (χ2v) is 3.93. The Bertz CT molecular complexity index is 193. The normalized spacial score (nSPS) is 38.3. The summed E-state index contributed by atoms with van der Waals surface area (Å²) in [6.45, 7) is 0. The molecule has 1 heterocycles. The van der Waals surface area contributed by atoms with Crippen LogP contribution in [0, 0.1) is 5.92 Å². The maximum absolute atomic E-state index is 10.3. The molecule has 3 atom stereocenters. The van der Waals surface area contributed by atoms with Crippen molar-refractivity contribution in [2.75, 3.05) is 0 Å². The highest BCUT2D eigenvalue weighted by Gasteiger charge is 2.36. The van der Waals surface area contributed by atoms with Crippen molar-refractivity contribution < 1.29 is 14.6 Å². The van der Waals surface area contributed by atoms with Crippen molar-refractivity contribution in [1.82, 2.24) is 5.32 Å². The van der Waals surface area contributed by atoms with Gasteiger partial charge in [0.1, 0.15) is 0 Å². The van der Waals surface area contributed by atoms with E-state index in [1.807, 2.05) is 0 Å². The molecule has 2 N–H and O–H groups in total. The highest BCUT2D eigenvalue weighted by atomic mass is 16.7. The first-order valence-corrected chi connectivity index (χ1v) is 4.91. The van der Waals surface area contributed by atoms with Crippen LogP contribution in [0.3, 0.4) is 0 Å². The second-order valence-electron chi connectivity index (χ2n) is 3.93. The van der Waals surface area contributed by atoms with Gasteiger partial charge in [0.25, 0.3) is 0 Å². The molecule has 74 valence electrons. The fourth-order valence-corrected chi connectivity index (χ4v) is 2.49. The Balaban J connectivity index is 1.87. The summed E-state index contributed by atoms with van der Waals surface area (Å²) in [6, 6.07) is 0.498. The molecule has 1 aliphatic heterocycles. The molecule has 0 spiro atoms. The van der Waals surface area contributed by atoms with Gasteiger partial charge in [-0.25, -0.2) is 4.79 Å². The molecule has 0 aromatic rings. The van der Waals surface area contributed by atoms with Gasteiger partial charge < -0.3 is 9.84 Å². The Labute approximate surface area is 77.3 Å². The first-order chi connectivity index (χ1) is 6.25. The van der Waals surface area contributed by atoms with E-state index in [2.05, 4.69) is 5.32 Å². The number of hydrogen-bond donors (Lipinski definition) is 2. The molecule has 1 saturated carbocycles. The minimum Gasteiger partial charge on any atom is -0.450 e. The number of carboxylic acid groups (broad SMARTS) is 1. The Hall–Kier alpha value is -0.770. The van der Waals surface area contributed by atoms with Crippen LogP contribution in [0.2, 0.25) is 0 Å². The molecule has 0 amide bonds. The minimum absolute atomic E-state index is 0.259. The van der Waals surface area contributed by atoms with Gasteiger partial charge in [-0.2, -0.15) is 0 Å². The van der Waals surface area contributed by atoms with Gasteiger partial charge >= 0.3 is 6.16 Å². The number of ether oxygens (including phenoxy) is 1. The van der Waals surface area contributed by atoms with Crippen LogP contribution >= 0.6 is 0 Å². The van der Waals surface area contributed by atoms with Gasteiger partial charge in [0.05, 0.1) is 0 Å². The summed E-state index contributed by atoms with van der Waals surface area (Å²) in [5.74, 6) is 0.637. The summed E-state index contributed by atoms with van der Waals surface area (Å²) in [5, 5.41) is 11.7. The standard InChI is InChI=1S/C9H15NO3/c11-9(12)13-8-5-6-3-1-2-4-7(6)10-8/h6-8,10H,1-5H2,(H,11,12)/t6?,7-,8?/m1/s1. The molecule has 0 bridgehead atoms. The average molecular weight is 185 g/mol. The van der Waals surface area contributed by atoms with Gasteiger partial charge in [-0.3, -0.25) is 5.32 Å². The van der Waals surface area contributed by atoms with Crippen molar-refractivity contribution in [1.29, 1.82) is 0 Å². The van der Waals surface area contributed by atoms with E-state index in [9.17, 15) is 4.79 Å². The number of fused-ring (bicyclic) bond motifs is 1. The molecule has 2 fully saturated rings. The van der Waals surface area contributed by atoms with Crippen LogP contribution in [0.25, 0.3) is 0 Å². The largest absolute Gasteiger partial charge is 0.507 e. The van der Waals surface area contributed by atoms with Crippen molar-refractivity contribution in [3.05, 3.63) is 0 Å². The Morgan fingerprint density at radius 1 is 1.38 bits per heavy atom. The topological polar surface area (TPSA) is 58.6 Å². The molecule has 0 aromatic heterocycles. The molecule has 0 aromatic carbocycles. The van der Waals surface area contributed by atoms with Crippen molar-refractivity contribution in [2.45, 2.75) is 44.4 Å². The van der Waals surface area contributed by atoms with Crippen molar-refractivity contribution in [3.63, 3.8) is 0 Å². The van der Waals surface area contributed by atoms with E-state index in [-0.39, 0.29) is 6.23 Å². The van der Waals surface area contributed by atoms with Gasteiger partial charge in [-0.15, -0.1) is 0 Å². The summed E-state index contributed by atoms with van der Waals surface area (Å²) in [5.41, 5.74) is 0. The molecule has 0 radical (unpaired) electrons. The van der Waals surface area contributed by atoms with Crippen molar-refractivity contribution >= 4 is 6.16 Å². The van der Waals surface area contributed by atoms with Crippen molar-refractivity contribution in [3.8, 4) is 0 Å². The SMILES string of the molecule is O=C(O)OC1CC2CCCC[C@H]2N1. The molecule has 13 heavy (non-hydrogen) atoms. The lowest BCUT2D eigenvalue weighted by Gasteiger charge is -2.23. The molecule has 1 saturated heterocycles. The van der Waals surface area contributed by atoms with E-state index in [0.717, 1.165) is 6.42 Å². The van der Waals surface area contributed by atoms with E-state index in [1.54, 1.807) is 0 Å². The van der Waals surface area contributed by atoms with Crippen LogP contribution < -0.4 is 5.32 Å². The third kappa shape index (κ3) is 1.94. The molecule has 2 unspecified atom stereocenters. The smallest absolute Gasteiger partial charge is 0.450 e. The highest BCUT2D eigenvalue weighted by molar-refractivity contribution is 5.57. The third-order valence-corrected chi connectivity index (χ3v) is 3.07. The van der Waals surface area contributed by atoms with Crippen molar-refractivity contribution in [2.24, 2.45) is 5.92 Å². The first kappa shape index (κ1) is 8.81. The van der Waals surface area contributed by atoms with Gasteiger partial charge in [-0.05, 0) is 18.8 Å². The summed E-state index contributed by atoms with van der Waals surface area (Å²) < 4.78 is 4.71. The predicted octanol–water partition coefficient (Wildman–Crippen LogP) is 1.56. The van der Waals surface area contributed by atoms with E-state index in [0.29, 0.717) is 12.0 Å². The van der Waals surface area contributed by atoms with Gasteiger partial charge in [0.15, 0.2) is 6.23 Å². The van der Waals surface area contributed by atoms with Gasteiger partial charge in [0.2, 0.25) is 0 Å². The second kappa shape index (κ2) is 3.54. The lowest BCUT2D eigenvalue weighted by Crippen LogP contribution is -2.35. The number of hydrogen-bond acceptors (Lipinski definition) is 3. The molecule has 4 nitrogen and oxygen atoms in total. The summed E-state index contributed by atoms with van der Waals surface area (Å²) >= 11 is 0. The monoisotopic (exact) mass is 185 g/mol. The maximum Gasteiger partial charge on any atom is 0.507 e. The quantitative estimate of drug-likeness (QED) is 0.609. The highest BCUT2D eigenvalue weighted by Crippen LogP contribution is 2.33. The zero-order valence-electron chi connectivity index (χ0n) is 7.53. The van der Waals surface area contributed by atoms with Crippen LogP contribution in [0.15, 0.2) is 0 Å². The Morgan fingerprint density at radius 2 is 2.15 bits per heavy atom. The predicted molar refractivity (Wildman–Crippen MR) is 46.4 cm³/mol. The summed E-state index contributed by atoms with van der Waals surface area (Å²) in [6.07, 6.45) is 4.36. The zero-order chi connectivity index (χ0) is 9.26. The molecule has 2 aliphatic rings. The van der Waals surface area contributed by atoms with E-state index < -0.39 is 6.16 Å². The fraction of sp³-hybridized carbons (Fsp3) is 0.889. The van der Waals surface area contributed by atoms with Crippen LogP contribution in [0.5, 0.6) is 0 Å². The maximum atomic E-state index is 10.3. The molecule has 2 rings (SSSR count). The molecule has 1 aliphatic carbocycles. The van der Waals surface area contributed by atoms with Gasteiger partial charge in [-0.1, -0.05) is 12.8 Å². The Kier molecular flexibility index (Phi) is 2.40. The van der Waals surface area contributed by atoms with Crippen LogP contribution in [-0.2, 0) is 4.74 Å². The van der Waals surface area contributed by atoms with E-state index >= 15 is 0 Å². The third-order valence-electron chi connectivity index (χ3n) is 3.07. The zero-order valence-corrected chi connectivity index (χ0v) is 7.53. The van der Waals surface area contributed by atoms with Crippen LogP contribution in [0.4, 0.5) is 4.79 Å². The average Bonchev–Trinajstić information content (AvgIpc) is 2.44. The molecule has 4 heteroatoms. The minimum atomic E-state index is -1.17. The lowest BCUT2D eigenvalue weighted by molar-refractivity contribution is 0.0430. The fourth-order valence-electron chi connectivity index (χ4n) is 2.49. The van der Waals surface area contributed by atoms with Crippen LogP contribution in [-0.4, -0.2) is 23.5 Å². The number of carbonyl (C=O) groups is 1. The number of nitrogens with one attached hydrogen (secondary N) is 1. The summed E-state index contributed by atoms with van der Waals surface area (Å²) in [4.78, 5) is 10.3. The van der Waals surface area contributed by atoms with E-state index in [1.165, 1.54) is 25.7 Å². The van der Waals surface area contributed by atoms with Gasteiger partial charge in [0, 0.05) is 12.5 Å². The first-order valence-electron chi connectivity index (χ1n) is 4.91. The Morgan fingerprint density at radius 3 is 2.85 bits per heavy atom. The molecular formula is C9H15NO3. The van der Waals surface area contributed by atoms with E-state index in [4.69, 9.17) is 9.84 Å².